The SMILES string of the molecule is Cc1cc(NC(=O)Nc2cccc3c(O)cccc23)nn1C. The lowest BCUT2D eigenvalue weighted by Gasteiger charge is -2.09. The van der Waals surface area contributed by atoms with Gasteiger partial charge in [0, 0.05) is 29.6 Å². The lowest BCUT2D eigenvalue weighted by molar-refractivity contribution is 0.262. The van der Waals surface area contributed by atoms with E-state index in [1.807, 2.05) is 20.0 Å². The largest absolute Gasteiger partial charge is 0.507 e. The van der Waals surface area contributed by atoms with Crippen LogP contribution in [-0.2, 0) is 7.05 Å². The van der Waals surface area contributed by atoms with Crippen molar-refractivity contribution in [3.05, 3.63) is 48.2 Å². The number of aromatic nitrogens is 2. The molecule has 0 aliphatic carbocycles. The van der Waals surface area contributed by atoms with E-state index in [9.17, 15) is 9.90 Å². The van der Waals surface area contributed by atoms with Gasteiger partial charge in [0.1, 0.15) is 5.75 Å². The molecule has 22 heavy (non-hydrogen) atoms. The Morgan fingerprint density at radius 1 is 1.14 bits per heavy atom. The molecule has 0 aliphatic rings. The molecule has 2 amide bonds. The molecule has 0 spiro atoms. The van der Waals surface area contributed by atoms with Crippen molar-refractivity contribution in [3.8, 4) is 5.75 Å². The third-order valence-corrected chi connectivity index (χ3v) is 3.50. The van der Waals surface area contributed by atoms with Crippen molar-refractivity contribution in [1.82, 2.24) is 9.78 Å². The summed E-state index contributed by atoms with van der Waals surface area (Å²) in [5.41, 5.74) is 1.57. The van der Waals surface area contributed by atoms with Gasteiger partial charge in [0.15, 0.2) is 5.82 Å². The second kappa shape index (κ2) is 5.40. The molecule has 6 nitrogen and oxygen atoms in total. The summed E-state index contributed by atoms with van der Waals surface area (Å²) >= 11 is 0. The maximum absolute atomic E-state index is 12.1. The van der Waals surface area contributed by atoms with Crippen LogP contribution < -0.4 is 10.6 Å². The molecule has 3 rings (SSSR count). The highest BCUT2D eigenvalue weighted by molar-refractivity contribution is 6.07. The van der Waals surface area contributed by atoms with Crippen molar-refractivity contribution in [1.29, 1.82) is 0 Å². The molecule has 0 saturated carbocycles. The average Bonchev–Trinajstić information content (AvgIpc) is 2.78. The van der Waals surface area contributed by atoms with E-state index in [1.54, 1.807) is 41.1 Å². The molecular formula is C16H16N4O2. The van der Waals surface area contributed by atoms with E-state index in [4.69, 9.17) is 0 Å². The summed E-state index contributed by atoms with van der Waals surface area (Å²) in [5.74, 6) is 0.669. The maximum atomic E-state index is 12.1. The fourth-order valence-electron chi connectivity index (χ4n) is 2.29. The third kappa shape index (κ3) is 2.58. The summed E-state index contributed by atoms with van der Waals surface area (Å²) in [5, 5.41) is 21.0. The monoisotopic (exact) mass is 296 g/mol. The van der Waals surface area contributed by atoms with E-state index in [0.29, 0.717) is 16.9 Å². The smallest absolute Gasteiger partial charge is 0.324 e. The lowest BCUT2D eigenvalue weighted by atomic mass is 10.1. The molecular weight excluding hydrogens is 280 g/mol. The number of aryl methyl sites for hydroxylation is 2. The molecule has 3 aromatic rings. The Labute approximate surface area is 127 Å². The van der Waals surface area contributed by atoms with E-state index in [0.717, 1.165) is 11.1 Å². The average molecular weight is 296 g/mol. The Hall–Kier alpha value is -3.02. The first-order chi connectivity index (χ1) is 10.5. The maximum Gasteiger partial charge on any atom is 0.324 e. The predicted molar refractivity (Wildman–Crippen MR) is 86.2 cm³/mol. The van der Waals surface area contributed by atoms with Gasteiger partial charge in [-0.1, -0.05) is 24.3 Å². The van der Waals surface area contributed by atoms with Crippen molar-refractivity contribution >= 4 is 28.3 Å². The van der Waals surface area contributed by atoms with Crippen molar-refractivity contribution < 1.29 is 9.90 Å². The van der Waals surface area contributed by atoms with Crippen LogP contribution in [0, 0.1) is 6.92 Å². The molecule has 2 aromatic carbocycles. The Kier molecular flexibility index (Phi) is 3.42. The van der Waals surface area contributed by atoms with E-state index in [-0.39, 0.29) is 11.8 Å². The number of hydrogen-bond acceptors (Lipinski definition) is 3. The highest BCUT2D eigenvalue weighted by Crippen LogP contribution is 2.29. The number of aromatic hydroxyl groups is 1. The molecule has 112 valence electrons. The van der Waals surface area contributed by atoms with Gasteiger partial charge in [0.25, 0.3) is 0 Å². The van der Waals surface area contributed by atoms with Crippen LogP contribution in [-0.4, -0.2) is 20.9 Å². The number of nitrogens with one attached hydrogen (secondary N) is 2. The van der Waals surface area contributed by atoms with Crippen LogP contribution in [0.15, 0.2) is 42.5 Å². The van der Waals surface area contributed by atoms with E-state index in [1.165, 1.54) is 0 Å². The summed E-state index contributed by atoms with van der Waals surface area (Å²) in [6.45, 7) is 1.91. The van der Waals surface area contributed by atoms with E-state index >= 15 is 0 Å². The molecule has 1 heterocycles. The first-order valence-electron chi connectivity index (χ1n) is 6.84. The molecule has 0 unspecified atom stereocenters. The van der Waals surface area contributed by atoms with Crippen LogP contribution in [0.4, 0.5) is 16.3 Å². The number of nitrogens with zero attached hydrogens (tertiary/aromatic N) is 2. The minimum atomic E-state index is -0.381. The van der Waals surface area contributed by atoms with Crippen LogP contribution in [0.5, 0.6) is 5.75 Å². The summed E-state index contributed by atoms with van der Waals surface area (Å²) in [6.07, 6.45) is 0. The van der Waals surface area contributed by atoms with Gasteiger partial charge >= 0.3 is 6.03 Å². The highest BCUT2D eigenvalue weighted by atomic mass is 16.3. The number of benzene rings is 2. The first-order valence-corrected chi connectivity index (χ1v) is 6.84. The van der Waals surface area contributed by atoms with Gasteiger partial charge in [0.05, 0.1) is 5.69 Å². The van der Waals surface area contributed by atoms with Crippen molar-refractivity contribution in [2.45, 2.75) is 6.92 Å². The van der Waals surface area contributed by atoms with E-state index < -0.39 is 0 Å². The van der Waals surface area contributed by atoms with Crippen LogP contribution >= 0.6 is 0 Å². The second-order valence-electron chi connectivity index (χ2n) is 5.05. The van der Waals surface area contributed by atoms with Gasteiger partial charge in [-0.2, -0.15) is 5.10 Å². The fraction of sp³-hybridized carbons (Fsp3) is 0.125. The Balaban J connectivity index is 1.84. The number of carbonyl (C=O) groups excluding carboxylic acids is 1. The Bertz CT molecular complexity index is 835. The molecule has 1 aromatic heterocycles. The number of amides is 2. The molecule has 0 bridgehead atoms. The van der Waals surface area contributed by atoms with Gasteiger partial charge in [-0.25, -0.2) is 4.79 Å². The van der Waals surface area contributed by atoms with Gasteiger partial charge in [0.2, 0.25) is 0 Å². The molecule has 0 radical (unpaired) electrons. The zero-order valence-corrected chi connectivity index (χ0v) is 12.3. The van der Waals surface area contributed by atoms with Gasteiger partial charge < -0.3 is 10.4 Å². The van der Waals surface area contributed by atoms with E-state index in [2.05, 4.69) is 15.7 Å². The number of urea groups is 1. The highest BCUT2D eigenvalue weighted by Gasteiger charge is 2.09. The number of anilines is 2. The van der Waals surface area contributed by atoms with Crippen LogP contribution in [0.1, 0.15) is 5.69 Å². The van der Waals surface area contributed by atoms with Crippen molar-refractivity contribution in [2.75, 3.05) is 10.6 Å². The summed E-state index contributed by atoms with van der Waals surface area (Å²) < 4.78 is 1.69. The summed E-state index contributed by atoms with van der Waals surface area (Å²) in [4.78, 5) is 12.1. The number of fused-ring (bicyclic) bond motifs is 1. The number of carbonyl (C=O) groups is 1. The normalized spacial score (nSPS) is 10.6. The number of phenolic OH excluding ortho intramolecular Hbond substituents is 1. The first kappa shape index (κ1) is 13.9. The van der Waals surface area contributed by atoms with Gasteiger partial charge in [-0.15, -0.1) is 0 Å². The Morgan fingerprint density at radius 3 is 2.59 bits per heavy atom. The topological polar surface area (TPSA) is 79.2 Å². The molecule has 0 aliphatic heterocycles. The molecule has 0 atom stereocenters. The summed E-state index contributed by atoms with van der Waals surface area (Å²) in [7, 11) is 1.81. The van der Waals surface area contributed by atoms with Gasteiger partial charge in [-0.3, -0.25) is 10.00 Å². The zero-order valence-electron chi connectivity index (χ0n) is 12.3. The molecule has 6 heteroatoms. The van der Waals surface area contributed by atoms with Crippen LogP contribution in [0.3, 0.4) is 0 Å². The molecule has 3 N–H and O–H groups in total. The standard InChI is InChI=1S/C16H16N4O2/c1-10-9-15(19-20(10)2)18-16(22)17-13-7-3-6-12-11(13)5-4-8-14(12)21/h3-9,21H,1-2H3,(H2,17,18,19,22). The lowest BCUT2D eigenvalue weighted by Crippen LogP contribution is -2.20. The van der Waals surface area contributed by atoms with Crippen molar-refractivity contribution in [3.63, 3.8) is 0 Å². The van der Waals surface area contributed by atoms with Crippen molar-refractivity contribution in [2.24, 2.45) is 7.05 Å². The van der Waals surface area contributed by atoms with Gasteiger partial charge in [-0.05, 0) is 19.1 Å². The Morgan fingerprint density at radius 2 is 1.86 bits per heavy atom. The number of phenols is 1. The quantitative estimate of drug-likeness (QED) is 0.679. The minimum absolute atomic E-state index is 0.182. The molecule has 0 fully saturated rings. The zero-order chi connectivity index (χ0) is 15.7. The minimum Gasteiger partial charge on any atom is -0.507 e. The third-order valence-electron chi connectivity index (χ3n) is 3.50. The second-order valence-corrected chi connectivity index (χ2v) is 5.05. The fourth-order valence-corrected chi connectivity index (χ4v) is 2.29. The van der Waals surface area contributed by atoms with Crippen LogP contribution in [0.25, 0.3) is 10.8 Å². The number of hydrogen-bond donors (Lipinski definition) is 3. The van der Waals surface area contributed by atoms with Crippen LogP contribution in [0.2, 0.25) is 0 Å². The predicted octanol–water partition coefficient (Wildman–Crippen LogP) is 3.23. The summed E-state index contributed by atoms with van der Waals surface area (Å²) in [6, 6.07) is 12.0. The number of rotatable bonds is 2. The molecule has 0 saturated heterocycles.